The Labute approximate surface area is 85.4 Å². The third-order valence-electron chi connectivity index (χ3n) is 1.97. The molecular formula is C12H16N2. The second-order valence-corrected chi connectivity index (χ2v) is 3.33. The standard InChI is InChI=1S/C12H16N2/c1-9(2)11-7-5-6-10(3)14-12(11)8-13-4/h5,7-8,14H,1,3,6H2,2,4H3. The van der Waals surface area contributed by atoms with Crippen molar-refractivity contribution in [3.63, 3.8) is 0 Å². The van der Waals surface area contributed by atoms with Crippen molar-refractivity contribution in [1.82, 2.24) is 5.32 Å². The second-order valence-electron chi connectivity index (χ2n) is 3.33. The number of hydrogen-bond acceptors (Lipinski definition) is 2. The van der Waals surface area contributed by atoms with Crippen LogP contribution in [0, 0.1) is 0 Å². The van der Waals surface area contributed by atoms with Gasteiger partial charge in [0.25, 0.3) is 0 Å². The van der Waals surface area contributed by atoms with Crippen LogP contribution in [0.15, 0.2) is 52.8 Å². The van der Waals surface area contributed by atoms with Crippen molar-refractivity contribution >= 4 is 6.21 Å². The molecule has 0 aromatic heterocycles. The van der Waals surface area contributed by atoms with Crippen LogP contribution < -0.4 is 5.32 Å². The molecule has 2 nitrogen and oxygen atoms in total. The van der Waals surface area contributed by atoms with E-state index in [4.69, 9.17) is 0 Å². The van der Waals surface area contributed by atoms with Gasteiger partial charge >= 0.3 is 0 Å². The summed E-state index contributed by atoms with van der Waals surface area (Å²) in [6.45, 7) is 9.84. The van der Waals surface area contributed by atoms with Gasteiger partial charge in [-0.05, 0) is 12.5 Å². The van der Waals surface area contributed by atoms with Gasteiger partial charge in [0, 0.05) is 31.0 Å². The summed E-state index contributed by atoms with van der Waals surface area (Å²) in [5.41, 5.74) is 4.07. The van der Waals surface area contributed by atoms with E-state index in [9.17, 15) is 0 Å². The van der Waals surface area contributed by atoms with Gasteiger partial charge in [-0.3, -0.25) is 4.99 Å². The van der Waals surface area contributed by atoms with Crippen LogP contribution in [0.2, 0.25) is 0 Å². The van der Waals surface area contributed by atoms with Crippen LogP contribution in [-0.4, -0.2) is 13.3 Å². The Kier molecular flexibility index (Phi) is 3.46. The summed E-state index contributed by atoms with van der Waals surface area (Å²) in [6.07, 6.45) is 6.78. The van der Waals surface area contributed by atoms with Crippen LogP contribution in [0.25, 0.3) is 0 Å². The lowest BCUT2D eigenvalue weighted by Gasteiger charge is -2.09. The van der Waals surface area contributed by atoms with Gasteiger partial charge in [-0.1, -0.05) is 25.3 Å². The van der Waals surface area contributed by atoms with Crippen molar-refractivity contribution < 1.29 is 0 Å². The zero-order valence-electron chi connectivity index (χ0n) is 8.80. The molecular weight excluding hydrogens is 172 g/mol. The Morgan fingerprint density at radius 1 is 1.64 bits per heavy atom. The van der Waals surface area contributed by atoms with Crippen LogP contribution in [0.5, 0.6) is 0 Å². The number of nitrogens with one attached hydrogen (secondary N) is 1. The van der Waals surface area contributed by atoms with Gasteiger partial charge in [-0.25, -0.2) is 0 Å². The lowest BCUT2D eigenvalue weighted by Crippen LogP contribution is -2.13. The smallest absolute Gasteiger partial charge is 0.0639 e. The van der Waals surface area contributed by atoms with Gasteiger partial charge in [-0.15, -0.1) is 0 Å². The molecule has 74 valence electrons. The minimum atomic E-state index is 0.845. The van der Waals surface area contributed by atoms with Crippen molar-refractivity contribution in [2.75, 3.05) is 7.05 Å². The van der Waals surface area contributed by atoms with Gasteiger partial charge in [0.2, 0.25) is 0 Å². The quantitative estimate of drug-likeness (QED) is 0.662. The van der Waals surface area contributed by atoms with Crippen molar-refractivity contribution in [3.8, 4) is 0 Å². The monoisotopic (exact) mass is 188 g/mol. The minimum absolute atomic E-state index is 0.845. The molecule has 0 aromatic rings. The maximum atomic E-state index is 4.01. The van der Waals surface area contributed by atoms with Crippen LogP contribution in [0.3, 0.4) is 0 Å². The number of rotatable bonds is 2. The van der Waals surface area contributed by atoms with Gasteiger partial charge in [0.1, 0.15) is 0 Å². The fourth-order valence-corrected chi connectivity index (χ4v) is 1.32. The summed E-state index contributed by atoms with van der Waals surface area (Å²) >= 11 is 0. The average Bonchev–Trinajstić information content (AvgIpc) is 2.27. The van der Waals surface area contributed by atoms with Crippen molar-refractivity contribution in [1.29, 1.82) is 0 Å². The summed E-state index contributed by atoms with van der Waals surface area (Å²) in [6, 6.07) is 0. The second kappa shape index (κ2) is 4.61. The van der Waals surface area contributed by atoms with E-state index in [2.05, 4.69) is 35.6 Å². The number of allylic oxidation sites excluding steroid dienone is 5. The molecule has 0 bridgehead atoms. The van der Waals surface area contributed by atoms with Crippen LogP contribution in [0.4, 0.5) is 0 Å². The molecule has 1 aliphatic heterocycles. The van der Waals surface area contributed by atoms with E-state index >= 15 is 0 Å². The summed E-state index contributed by atoms with van der Waals surface area (Å²) in [5, 5.41) is 3.22. The highest BCUT2D eigenvalue weighted by Crippen LogP contribution is 2.17. The van der Waals surface area contributed by atoms with Gasteiger partial charge in [0.15, 0.2) is 0 Å². The van der Waals surface area contributed by atoms with Gasteiger partial charge < -0.3 is 5.32 Å². The molecule has 1 rings (SSSR count). The van der Waals surface area contributed by atoms with E-state index in [1.54, 1.807) is 13.3 Å². The molecule has 1 aliphatic rings. The fourth-order valence-electron chi connectivity index (χ4n) is 1.32. The minimum Gasteiger partial charge on any atom is -0.357 e. The van der Waals surface area contributed by atoms with Crippen LogP contribution in [-0.2, 0) is 0 Å². The van der Waals surface area contributed by atoms with E-state index in [0.717, 1.165) is 29.0 Å². The molecule has 0 radical (unpaired) electrons. The van der Waals surface area contributed by atoms with Crippen LogP contribution >= 0.6 is 0 Å². The highest BCUT2D eigenvalue weighted by molar-refractivity contribution is 5.82. The fraction of sp³-hybridized carbons (Fsp3) is 0.250. The van der Waals surface area contributed by atoms with E-state index in [1.165, 1.54) is 0 Å². The number of hydrogen-bond donors (Lipinski definition) is 1. The van der Waals surface area contributed by atoms with E-state index < -0.39 is 0 Å². The zero-order chi connectivity index (χ0) is 10.6. The first-order valence-corrected chi connectivity index (χ1v) is 4.59. The van der Waals surface area contributed by atoms with E-state index in [-0.39, 0.29) is 0 Å². The molecule has 0 amide bonds. The zero-order valence-corrected chi connectivity index (χ0v) is 8.80. The first-order valence-electron chi connectivity index (χ1n) is 4.59. The van der Waals surface area contributed by atoms with Crippen molar-refractivity contribution in [3.05, 3.63) is 47.9 Å². The molecule has 1 heterocycles. The predicted molar refractivity (Wildman–Crippen MR) is 62.3 cm³/mol. The van der Waals surface area contributed by atoms with Gasteiger partial charge in [0.05, 0.1) is 5.70 Å². The molecule has 2 heteroatoms. The number of aliphatic imine (C=N–C) groups is 1. The molecule has 0 spiro atoms. The van der Waals surface area contributed by atoms with Crippen LogP contribution in [0.1, 0.15) is 13.3 Å². The Hall–Kier alpha value is -1.57. The Balaban J connectivity index is 3.13. The molecule has 0 fully saturated rings. The van der Waals surface area contributed by atoms with Crippen molar-refractivity contribution in [2.24, 2.45) is 4.99 Å². The normalized spacial score (nSPS) is 17.1. The van der Waals surface area contributed by atoms with Gasteiger partial charge in [-0.2, -0.15) is 0 Å². The predicted octanol–water partition coefficient (Wildman–Crippen LogP) is 2.58. The molecule has 0 atom stereocenters. The Morgan fingerprint density at radius 2 is 2.36 bits per heavy atom. The summed E-state index contributed by atoms with van der Waals surface area (Å²) in [5.74, 6) is 0. The Morgan fingerprint density at radius 3 is 2.93 bits per heavy atom. The molecule has 14 heavy (non-hydrogen) atoms. The third kappa shape index (κ3) is 2.46. The molecule has 0 saturated heterocycles. The summed E-state index contributed by atoms with van der Waals surface area (Å²) < 4.78 is 0. The first kappa shape index (κ1) is 10.5. The summed E-state index contributed by atoms with van der Waals surface area (Å²) in [7, 11) is 1.75. The topological polar surface area (TPSA) is 24.4 Å². The molecule has 0 aliphatic carbocycles. The molecule has 1 N–H and O–H groups in total. The SMILES string of the molecule is C=C1CC=CC(C(=C)C)=C(C=NC)N1. The molecule has 0 saturated carbocycles. The lowest BCUT2D eigenvalue weighted by atomic mass is 10.1. The molecule has 0 unspecified atom stereocenters. The highest BCUT2D eigenvalue weighted by atomic mass is 14.9. The largest absolute Gasteiger partial charge is 0.357 e. The third-order valence-corrected chi connectivity index (χ3v) is 1.97. The van der Waals surface area contributed by atoms with E-state index in [1.807, 2.05) is 6.92 Å². The average molecular weight is 188 g/mol. The maximum absolute atomic E-state index is 4.01. The number of nitrogens with zero attached hydrogens (tertiary/aromatic N) is 1. The maximum Gasteiger partial charge on any atom is 0.0639 e. The highest BCUT2D eigenvalue weighted by Gasteiger charge is 2.06. The van der Waals surface area contributed by atoms with E-state index in [0.29, 0.717) is 0 Å². The summed E-state index contributed by atoms with van der Waals surface area (Å²) in [4.78, 5) is 4.01. The molecule has 0 aromatic carbocycles. The Bertz CT molecular complexity index is 343. The lowest BCUT2D eigenvalue weighted by molar-refractivity contribution is 0.981. The van der Waals surface area contributed by atoms with Crippen molar-refractivity contribution in [2.45, 2.75) is 13.3 Å². The first-order chi connectivity index (χ1) is 6.65.